The van der Waals surface area contributed by atoms with Crippen molar-refractivity contribution in [3.63, 3.8) is 0 Å². The van der Waals surface area contributed by atoms with Crippen LogP contribution in [-0.4, -0.2) is 31.7 Å². The van der Waals surface area contributed by atoms with E-state index >= 15 is 0 Å². The van der Waals surface area contributed by atoms with Crippen molar-refractivity contribution in [2.45, 2.75) is 18.5 Å². The average Bonchev–Trinajstić information content (AvgIpc) is 2.62. The largest absolute Gasteiger partial charge is 0.457 e. The van der Waals surface area contributed by atoms with Gasteiger partial charge in [0.15, 0.2) is 0 Å². The fourth-order valence-corrected chi connectivity index (χ4v) is 3.26. The summed E-state index contributed by atoms with van der Waals surface area (Å²) in [7, 11) is 0. The van der Waals surface area contributed by atoms with E-state index in [0.29, 0.717) is 19.6 Å². The van der Waals surface area contributed by atoms with Crippen LogP contribution in [0, 0.1) is 0 Å². The summed E-state index contributed by atoms with van der Waals surface area (Å²) < 4.78 is 11.4. The molecule has 1 fully saturated rings. The van der Waals surface area contributed by atoms with Crippen LogP contribution in [0.2, 0.25) is 0 Å². The van der Waals surface area contributed by atoms with Gasteiger partial charge in [-0.25, -0.2) is 0 Å². The van der Waals surface area contributed by atoms with Gasteiger partial charge in [-0.15, -0.1) is 0 Å². The molecule has 2 aliphatic rings. The topological polar surface area (TPSA) is 59.6 Å². The lowest BCUT2D eigenvalue weighted by Gasteiger charge is -2.30. The molecule has 1 amide bonds. The maximum atomic E-state index is 12.6. The first-order chi connectivity index (χ1) is 11.8. The van der Waals surface area contributed by atoms with Crippen LogP contribution >= 0.6 is 0 Å². The summed E-state index contributed by atoms with van der Waals surface area (Å²) in [6.45, 7) is 2.08. The van der Waals surface area contributed by atoms with Gasteiger partial charge in [-0.1, -0.05) is 36.4 Å². The van der Waals surface area contributed by atoms with E-state index in [-0.39, 0.29) is 18.0 Å². The van der Waals surface area contributed by atoms with Gasteiger partial charge in [0.2, 0.25) is 5.91 Å². The van der Waals surface area contributed by atoms with Crippen LogP contribution in [0.5, 0.6) is 11.5 Å². The van der Waals surface area contributed by atoms with Gasteiger partial charge < -0.3 is 20.1 Å². The third-order valence-electron chi connectivity index (χ3n) is 4.42. The van der Waals surface area contributed by atoms with E-state index < -0.39 is 0 Å². The number of hydrogen-bond donors (Lipinski definition) is 2. The zero-order valence-corrected chi connectivity index (χ0v) is 13.3. The molecule has 5 heteroatoms. The van der Waals surface area contributed by atoms with Crippen molar-refractivity contribution in [1.82, 2.24) is 10.6 Å². The average molecular weight is 324 g/mol. The van der Waals surface area contributed by atoms with Gasteiger partial charge >= 0.3 is 0 Å². The van der Waals surface area contributed by atoms with E-state index in [4.69, 9.17) is 9.47 Å². The smallest absolute Gasteiger partial charge is 0.222 e. The molecule has 0 saturated carbocycles. The molecule has 1 atom stereocenters. The van der Waals surface area contributed by atoms with E-state index in [0.717, 1.165) is 29.2 Å². The fourth-order valence-electron chi connectivity index (χ4n) is 3.26. The maximum Gasteiger partial charge on any atom is 0.222 e. The van der Waals surface area contributed by atoms with Crippen LogP contribution in [0.4, 0.5) is 0 Å². The molecule has 2 heterocycles. The lowest BCUT2D eigenvalue weighted by Crippen LogP contribution is -2.44. The Balaban J connectivity index is 1.56. The Kier molecular flexibility index (Phi) is 4.19. The van der Waals surface area contributed by atoms with Crippen molar-refractivity contribution < 1.29 is 14.3 Å². The second-order valence-corrected chi connectivity index (χ2v) is 6.11. The Hall–Kier alpha value is -2.37. The van der Waals surface area contributed by atoms with Crippen molar-refractivity contribution in [3.8, 4) is 11.5 Å². The molecular formula is C19H20N2O3. The molecule has 0 spiro atoms. The van der Waals surface area contributed by atoms with Crippen LogP contribution in [-0.2, 0) is 9.53 Å². The Morgan fingerprint density at radius 3 is 2.38 bits per heavy atom. The number of benzene rings is 2. The first kappa shape index (κ1) is 15.2. The molecule has 2 aromatic carbocycles. The minimum absolute atomic E-state index is 0.00880. The van der Waals surface area contributed by atoms with Crippen molar-refractivity contribution in [2.24, 2.45) is 0 Å². The van der Waals surface area contributed by atoms with Gasteiger partial charge in [0.25, 0.3) is 0 Å². The number of morpholine rings is 1. The fraction of sp³-hybridized carbons (Fsp3) is 0.316. The Labute approximate surface area is 141 Å². The van der Waals surface area contributed by atoms with Crippen molar-refractivity contribution in [3.05, 3.63) is 59.7 Å². The van der Waals surface area contributed by atoms with Crippen LogP contribution in [0.25, 0.3) is 0 Å². The van der Waals surface area contributed by atoms with E-state index in [1.807, 2.05) is 48.5 Å². The third kappa shape index (κ3) is 3.00. The van der Waals surface area contributed by atoms with Crippen LogP contribution in [0.3, 0.4) is 0 Å². The predicted molar refractivity (Wildman–Crippen MR) is 90.2 cm³/mol. The summed E-state index contributed by atoms with van der Waals surface area (Å²) in [5, 5.41) is 6.48. The van der Waals surface area contributed by atoms with E-state index in [9.17, 15) is 4.79 Å². The van der Waals surface area contributed by atoms with Crippen LogP contribution in [0.1, 0.15) is 23.6 Å². The molecule has 24 heavy (non-hydrogen) atoms. The molecule has 2 aromatic rings. The SMILES string of the molecule is O=C(CC1COCCN1)NC1c2ccccc2Oc2ccccc21. The highest BCUT2D eigenvalue weighted by atomic mass is 16.5. The molecule has 1 saturated heterocycles. The number of amides is 1. The Morgan fingerprint density at radius 2 is 1.75 bits per heavy atom. The second-order valence-electron chi connectivity index (χ2n) is 6.11. The van der Waals surface area contributed by atoms with Gasteiger partial charge in [0.1, 0.15) is 11.5 Å². The zero-order chi connectivity index (χ0) is 16.4. The lowest BCUT2D eigenvalue weighted by atomic mass is 9.94. The molecule has 5 nitrogen and oxygen atoms in total. The Morgan fingerprint density at radius 1 is 1.08 bits per heavy atom. The predicted octanol–water partition coefficient (Wildman–Crippen LogP) is 2.38. The third-order valence-corrected chi connectivity index (χ3v) is 4.42. The highest BCUT2D eigenvalue weighted by Gasteiger charge is 2.28. The standard InChI is InChI=1S/C19H20N2O3/c22-18(11-13-12-23-10-9-20-13)21-19-14-5-1-3-7-16(14)24-17-8-4-2-6-15(17)19/h1-8,13,19-20H,9-12H2,(H,21,22). The zero-order valence-electron chi connectivity index (χ0n) is 13.3. The molecule has 124 valence electrons. The normalized spacial score (nSPS) is 19.8. The van der Waals surface area contributed by atoms with Crippen LogP contribution < -0.4 is 15.4 Å². The maximum absolute atomic E-state index is 12.6. The molecule has 0 bridgehead atoms. The molecule has 2 N–H and O–H groups in total. The minimum atomic E-state index is -0.192. The number of para-hydroxylation sites is 2. The summed E-state index contributed by atoms with van der Waals surface area (Å²) in [6, 6.07) is 15.5. The monoisotopic (exact) mass is 324 g/mol. The van der Waals surface area contributed by atoms with E-state index in [2.05, 4.69) is 10.6 Å². The molecule has 4 rings (SSSR count). The number of rotatable bonds is 3. The molecule has 1 unspecified atom stereocenters. The number of carbonyl (C=O) groups is 1. The van der Waals surface area contributed by atoms with E-state index in [1.165, 1.54) is 0 Å². The molecule has 0 aliphatic carbocycles. The number of hydrogen-bond acceptors (Lipinski definition) is 4. The second kappa shape index (κ2) is 6.63. The molecule has 0 radical (unpaired) electrons. The number of carbonyl (C=O) groups excluding carboxylic acids is 1. The first-order valence-corrected chi connectivity index (χ1v) is 8.27. The quantitative estimate of drug-likeness (QED) is 0.910. The minimum Gasteiger partial charge on any atom is -0.457 e. The molecule has 2 aliphatic heterocycles. The summed E-state index contributed by atoms with van der Waals surface area (Å²) in [5.74, 6) is 1.59. The van der Waals surface area contributed by atoms with E-state index in [1.54, 1.807) is 0 Å². The highest BCUT2D eigenvalue weighted by Crippen LogP contribution is 2.42. The van der Waals surface area contributed by atoms with Gasteiger partial charge in [-0.2, -0.15) is 0 Å². The number of ether oxygens (including phenoxy) is 2. The number of fused-ring (bicyclic) bond motifs is 2. The summed E-state index contributed by atoms with van der Waals surface area (Å²) in [4.78, 5) is 12.6. The summed E-state index contributed by atoms with van der Waals surface area (Å²) >= 11 is 0. The molecular weight excluding hydrogens is 304 g/mol. The first-order valence-electron chi connectivity index (χ1n) is 8.27. The number of nitrogens with one attached hydrogen (secondary N) is 2. The van der Waals surface area contributed by atoms with Crippen molar-refractivity contribution in [2.75, 3.05) is 19.8 Å². The summed E-state index contributed by atoms with van der Waals surface area (Å²) in [6.07, 6.45) is 0.404. The highest BCUT2D eigenvalue weighted by molar-refractivity contribution is 5.78. The summed E-state index contributed by atoms with van der Waals surface area (Å²) in [5.41, 5.74) is 1.97. The molecule has 0 aromatic heterocycles. The van der Waals surface area contributed by atoms with Crippen molar-refractivity contribution in [1.29, 1.82) is 0 Å². The van der Waals surface area contributed by atoms with Gasteiger partial charge in [0.05, 0.1) is 19.3 Å². The van der Waals surface area contributed by atoms with Crippen LogP contribution in [0.15, 0.2) is 48.5 Å². The lowest BCUT2D eigenvalue weighted by molar-refractivity contribution is -0.122. The Bertz CT molecular complexity index is 695. The van der Waals surface area contributed by atoms with Gasteiger partial charge in [-0.05, 0) is 12.1 Å². The van der Waals surface area contributed by atoms with Crippen molar-refractivity contribution >= 4 is 5.91 Å². The van der Waals surface area contributed by atoms with Gasteiger partial charge in [-0.3, -0.25) is 4.79 Å². The van der Waals surface area contributed by atoms with Gasteiger partial charge in [0, 0.05) is 30.1 Å².